The summed E-state index contributed by atoms with van der Waals surface area (Å²) in [6.07, 6.45) is -2.10. The topological polar surface area (TPSA) is 64.1 Å². The summed E-state index contributed by atoms with van der Waals surface area (Å²) in [7, 11) is 0. The number of halogens is 3. The highest BCUT2D eigenvalue weighted by Crippen LogP contribution is 2.24. The number of nitrogens with zero attached hydrogens (tertiary/aromatic N) is 2. The number of carbonyl (C=O) groups is 1. The molecule has 1 heterocycles. The van der Waals surface area contributed by atoms with E-state index in [2.05, 4.69) is 20.0 Å². The minimum absolute atomic E-state index is 0.0543. The van der Waals surface area contributed by atoms with Crippen LogP contribution >= 0.6 is 0 Å². The van der Waals surface area contributed by atoms with Crippen LogP contribution in [0.15, 0.2) is 36.8 Å². The number of aryl methyl sites for hydroxylation is 1. The Morgan fingerprint density at radius 1 is 1.32 bits per heavy atom. The largest absolute Gasteiger partial charge is 0.573 e. The van der Waals surface area contributed by atoms with Crippen molar-refractivity contribution in [3.8, 4) is 5.75 Å². The molecule has 116 valence electrons. The zero-order valence-electron chi connectivity index (χ0n) is 11.5. The number of hydrogen-bond acceptors (Lipinski definition) is 4. The molecular formula is C14H12F3N3O2. The third kappa shape index (κ3) is 4.72. The van der Waals surface area contributed by atoms with E-state index in [0.717, 1.165) is 0 Å². The Bertz CT molecular complexity index is 660. The van der Waals surface area contributed by atoms with Gasteiger partial charge in [-0.25, -0.2) is 9.97 Å². The van der Waals surface area contributed by atoms with Crippen molar-refractivity contribution < 1.29 is 22.7 Å². The van der Waals surface area contributed by atoms with Crippen LogP contribution in [-0.4, -0.2) is 22.2 Å². The van der Waals surface area contributed by atoms with Gasteiger partial charge >= 0.3 is 6.36 Å². The van der Waals surface area contributed by atoms with Gasteiger partial charge in [0.05, 0.1) is 0 Å². The Kier molecular flexibility index (Phi) is 4.59. The maximum Gasteiger partial charge on any atom is 0.573 e. The van der Waals surface area contributed by atoms with Crippen LogP contribution in [0, 0.1) is 6.92 Å². The Morgan fingerprint density at radius 2 is 2.09 bits per heavy atom. The first kappa shape index (κ1) is 15.7. The molecule has 1 aromatic heterocycles. The van der Waals surface area contributed by atoms with Gasteiger partial charge in [-0.2, -0.15) is 0 Å². The molecule has 0 saturated heterocycles. The third-order valence-corrected chi connectivity index (χ3v) is 2.61. The van der Waals surface area contributed by atoms with Crippen molar-refractivity contribution in [2.45, 2.75) is 19.8 Å². The van der Waals surface area contributed by atoms with E-state index >= 15 is 0 Å². The molecule has 0 bridgehead atoms. The normalized spacial score (nSPS) is 11.1. The van der Waals surface area contributed by atoms with E-state index in [0.29, 0.717) is 11.1 Å². The molecule has 0 atom stereocenters. The zero-order chi connectivity index (χ0) is 16.2. The average Bonchev–Trinajstić information content (AvgIpc) is 2.43. The molecule has 0 aliphatic carbocycles. The van der Waals surface area contributed by atoms with Gasteiger partial charge in [0.25, 0.3) is 5.91 Å². The molecule has 8 heteroatoms. The molecule has 2 aromatic rings. The number of aromatic nitrogens is 2. The fraction of sp³-hybridized carbons (Fsp3) is 0.214. The van der Waals surface area contributed by atoms with Crippen molar-refractivity contribution in [1.82, 2.24) is 15.3 Å². The average molecular weight is 311 g/mol. The summed E-state index contributed by atoms with van der Waals surface area (Å²) in [5, 5.41) is 2.57. The first-order valence-corrected chi connectivity index (χ1v) is 6.24. The summed E-state index contributed by atoms with van der Waals surface area (Å²) < 4.78 is 40.6. The molecule has 0 spiro atoms. The lowest BCUT2D eigenvalue weighted by molar-refractivity contribution is -0.274. The predicted molar refractivity (Wildman–Crippen MR) is 71.1 cm³/mol. The highest BCUT2D eigenvalue weighted by Gasteiger charge is 2.31. The molecule has 1 N–H and O–H groups in total. The standard InChI is InChI=1S/C14H12F3N3O2/c1-9-4-10(6-11(5-9)22-14(15,16)17)7-19-13(21)12-2-3-18-8-20-12/h2-6,8H,7H2,1H3,(H,19,21). The maximum atomic E-state index is 12.2. The predicted octanol–water partition coefficient (Wildman–Crippen LogP) is 2.61. The minimum atomic E-state index is -4.75. The quantitative estimate of drug-likeness (QED) is 0.942. The lowest BCUT2D eigenvalue weighted by atomic mass is 10.1. The van der Waals surface area contributed by atoms with Crippen LogP contribution in [0.2, 0.25) is 0 Å². The molecule has 1 amide bonds. The van der Waals surface area contributed by atoms with Crippen molar-refractivity contribution in [1.29, 1.82) is 0 Å². The van der Waals surface area contributed by atoms with Crippen LogP contribution < -0.4 is 10.1 Å². The summed E-state index contributed by atoms with van der Waals surface area (Å²) in [5.74, 6) is -0.763. The van der Waals surface area contributed by atoms with Crippen LogP contribution in [0.4, 0.5) is 13.2 Å². The third-order valence-electron chi connectivity index (χ3n) is 2.61. The van der Waals surface area contributed by atoms with Gasteiger partial charge in [0, 0.05) is 12.7 Å². The van der Waals surface area contributed by atoms with Crippen LogP contribution in [0.25, 0.3) is 0 Å². The van der Waals surface area contributed by atoms with Gasteiger partial charge in [0.2, 0.25) is 0 Å². The molecule has 5 nitrogen and oxygen atoms in total. The summed E-state index contributed by atoms with van der Waals surface area (Å²) in [4.78, 5) is 19.3. The summed E-state index contributed by atoms with van der Waals surface area (Å²) in [6.45, 7) is 1.69. The highest BCUT2D eigenvalue weighted by atomic mass is 19.4. The summed E-state index contributed by atoms with van der Waals surface area (Å²) >= 11 is 0. The van der Waals surface area contributed by atoms with Gasteiger partial charge in [-0.3, -0.25) is 4.79 Å². The Morgan fingerprint density at radius 3 is 2.73 bits per heavy atom. The molecule has 0 unspecified atom stereocenters. The van der Waals surface area contributed by atoms with Gasteiger partial charge < -0.3 is 10.1 Å². The molecule has 0 saturated carbocycles. The zero-order valence-corrected chi connectivity index (χ0v) is 11.5. The fourth-order valence-electron chi connectivity index (χ4n) is 1.82. The Hall–Kier alpha value is -2.64. The van der Waals surface area contributed by atoms with Crippen molar-refractivity contribution in [2.24, 2.45) is 0 Å². The van der Waals surface area contributed by atoms with Crippen LogP contribution in [0.3, 0.4) is 0 Å². The van der Waals surface area contributed by atoms with Crippen molar-refractivity contribution in [2.75, 3.05) is 0 Å². The Labute approximate surface area is 124 Å². The number of rotatable bonds is 4. The van der Waals surface area contributed by atoms with Gasteiger partial charge in [-0.05, 0) is 36.2 Å². The molecular weight excluding hydrogens is 299 g/mol. The highest BCUT2D eigenvalue weighted by molar-refractivity contribution is 5.91. The number of amides is 1. The van der Waals surface area contributed by atoms with Crippen molar-refractivity contribution in [3.63, 3.8) is 0 Å². The first-order chi connectivity index (χ1) is 10.3. The van der Waals surface area contributed by atoms with E-state index in [9.17, 15) is 18.0 Å². The van der Waals surface area contributed by atoms with Crippen molar-refractivity contribution in [3.05, 3.63) is 53.6 Å². The molecule has 1 aromatic carbocycles. The molecule has 0 aliphatic heterocycles. The van der Waals surface area contributed by atoms with E-state index in [1.165, 1.54) is 30.7 Å². The number of alkyl halides is 3. The van der Waals surface area contributed by atoms with E-state index in [1.807, 2.05) is 0 Å². The van der Waals surface area contributed by atoms with E-state index in [1.54, 1.807) is 13.0 Å². The SMILES string of the molecule is Cc1cc(CNC(=O)c2ccncn2)cc(OC(F)(F)F)c1. The number of nitrogens with one attached hydrogen (secondary N) is 1. The van der Waals surface area contributed by atoms with Gasteiger partial charge in [-0.1, -0.05) is 6.07 Å². The second-order valence-electron chi connectivity index (χ2n) is 4.48. The minimum Gasteiger partial charge on any atom is -0.406 e. The van der Waals surface area contributed by atoms with E-state index < -0.39 is 12.3 Å². The molecule has 0 radical (unpaired) electrons. The number of carbonyl (C=O) groups excluding carboxylic acids is 1. The van der Waals surface area contributed by atoms with Gasteiger partial charge in [0.15, 0.2) is 0 Å². The number of ether oxygens (including phenoxy) is 1. The maximum absolute atomic E-state index is 12.2. The molecule has 2 rings (SSSR count). The lowest BCUT2D eigenvalue weighted by Crippen LogP contribution is -2.24. The number of hydrogen-bond donors (Lipinski definition) is 1. The monoisotopic (exact) mass is 311 g/mol. The molecule has 0 aliphatic rings. The first-order valence-electron chi connectivity index (χ1n) is 6.24. The van der Waals surface area contributed by atoms with Crippen molar-refractivity contribution >= 4 is 5.91 Å². The second-order valence-corrected chi connectivity index (χ2v) is 4.48. The van der Waals surface area contributed by atoms with Crippen LogP contribution in [-0.2, 0) is 6.54 Å². The fourth-order valence-corrected chi connectivity index (χ4v) is 1.82. The lowest BCUT2D eigenvalue weighted by Gasteiger charge is -2.12. The smallest absolute Gasteiger partial charge is 0.406 e. The van der Waals surface area contributed by atoms with Crippen LogP contribution in [0.5, 0.6) is 5.75 Å². The van der Waals surface area contributed by atoms with Gasteiger partial charge in [0.1, 0.15) is 17.8 Å². The number of benzene rings is 1. The Balaban J connectivity index is 2.05. The van der Waals surface area contributed by atoms with E-state index in [-0.39, 0.29) is 18.0 Å². The summed E-state index contributed by atoms with van der Waals surface area (Å²) in [6, 6.07) is 5.58. The van der Waals surface area contributed by atoms with Crippen LogP contribution in [0.1, 0.15) is 21.6 Å². The second kappa shape index (κ2) is 6.42. The van der Waals surface area contributed by atoms with Gasteiger partial charge in [-0.15, -0.1) is 13.2 Å². The molecule has 22 heavy (non-hydrogen) atoms. The molecule has 0 fully saturated rings. The summed E-state index contributed by atoms with van der Waals surface area (Å²) in [5.41, 5.74) is 1.25. The van der Waals surface area contributed by atoms with E-state index in [4.69, 9.17) is 0 Å².